The van der Waals surface area contributed by atoms with Crippen LogP contribution in [-0.2, 0) is 4.79 Å². The molecule has 2 N–H and O–H groups in total. The molecule has 1 aromatic rings. The summed E-state index contributed by atoms with van der Waals surface area (Å²) < 4.78 is 5.25. The number of nitrogens with one attached hydrogen (secondary N) is 1. The summed E-state index contributed by atoms with van der Waals surface area (Å²) in [6, 6.07) is 7.28. The second-order valence-electron chi connectivity index (χ2n) is 2.95. The standard InChI is InChI=1S/C10H13NO2.C2H6O/c1-3-13-10-6-4-9(5-7-10)11-8(2)12;1-2-3/h4-7H,3H2,1-2H3,(H,11,12);3H,2H2,1H3. The SMILES string of the molecule is CCO.CCOc1ccc(NC(C)=O)cc1. The van der Waals surface area contributed by atoms with Crippen LogP contribution in [0.1, 0.15) is 20.8 Å². The van der Waals surface area contributed by atoms with E-state index in [0.717, 1.165) is 11.4 Å². The molecule has 0 fully saturated rings. The fourth-order valence-electron chi connectivity index (χ4n) is 1.00. The molecule has 4 heteroatoms. The van der Waals surface area contributed by atoms with E-state index >= 15 is 0 Å². The normalized spacial score (nSPS) is 8.75. The average Bonchev–Trinajstić information content (AvgIpc) is 2.22. The third kappa shape index (κ3) is 6.84. The fourth-order valence-corrected chi connectivity index (χ4v) is 1.00. The van der Waals surface area contributed by atoms with Crippen LogP contribution in [0.2, 0.25) is 0 Å². The quantitative estimate of drug-likeness (QED) is 0.827. The molecule has 4 nitrogen and oxygen atoms in total. The summed E-state index contributed by atoms with van der Waals surface area (Å²) >= 11 is 0. The van der Waals surface area contributed by atoms with Gasteiger partial charge in [0.2, 0.25) is 5.91 Å². The third-order valence-electron chi connectivity index (χ3n) is 1.49. The van der Waals surface area contributed by atoms with Crippen molar-refractivity contribution in [3.8, 4) is 5.75 Å². The number of hydrogen-bond acceptors (Lipinski definition) is 3. The Bertz CT molecular complexity index is 296. The van der Waals surface area contributed by atoms with Gasteiger partial charge in [0.15, 0.2) is 0 Å². The number of carbonyl (C=O) groups excluding carboxylic acids is 1. The molecule has 0 heterocycles. The lowest BCUT2D eigenvalue weighted by Crippen LogP contribution is -2.05. The zero-order chi connectivity index (χ0) is 12.4. The zero-order valence-electron chi connectivity index (χ0n) is 9.99. The number of rotatable bonds is 3. The van der Waals surface area contributed by atoms with Crippen molar-refractivity contribution in [1.29, 1.82) is 0 Å². The summed E-state index contributed by atoms with van der Waals surface area (Å²) in [5, 5.41) is 10.2. The van der Waals surface area contributed by atoms with Gasteiger partial charge in [-0.1, -0.05) is 0 Å². The maximum Gasteiger partial charge on any atom is 0.221 e. The molecule has 1 aromatic carbocycles. The van der Waals surface area contributed by atoms with Crippen LogP contribution < -0.4 is 10.1 Å². The van der Waals surface area contributed by atoms with Crippen molar-refractivity contribution >= 4 is 11.6 Å². The molecule has 90 valence electrons. The van der Waals surface area contributed by atoms with Gasteiger partial charge in [-0.3, -0.25) is 4.79 Å². The lowest BCUT2D eigenvalue weighted by atomic mass is 10.3. The van der Waals surface area contributed by atoms with E-state index in [0.29, 0.717) is 6.61 Å². The molecule has 0 aliphatic carbocycles. The Hall–Kier alpha value is -1.55. The summed E-state index contributed by atoms with van der Waals surface area (Å²) in [5.41, 5.74) is 0.788. The van der Waals surface area contributed by atoms with E-state index in [2.05, 4.69) is 5.32 Å². The van der Waals surface area contributed by atoms with Gasteiger partial charge in [-0.2, -0.15) is 0 Å². The molecule has 0 spiro atoms. The summed E-state index contributed by atoms with van der Waals surface area (Å²) in [5.74, 6) is 0.751. The van der Waals surface area contributed by atoms with Crippen LogP contribution in [-0.4, -0.2) is 24.2 Å². The van der Waals surface area contributed by atoms with Crippen LogP contribution >= 0.6 is 0 Å². The van der Waals surface area contributed by atoms with E-state index in [1.165, 1.54) is 6.92 Å². The van der Waals surface area contributed by atoms with Gasteiger partial charge in [0, 0.05) is 19.2 Å². The molecule has 0 saturated carbocycles. The largest absolute Gasteiger partial charge is 0.494 e. The van der Waals surface area contributed by atoms with Gasteiger partial charge >= 0.3 is 0 Å². The summed E-state index contributed by atoms with van der Waals surface area (Å²) in [4.78, 5) is 10.7. The Balaban J connectivity index is 0.000000673. The van der Waals surface area contributed by atoms with E-state index in [9.17, 15) is 4.79 Å². The smallest absolute Gasteiger partial charge is 0.221 e. The molecule has 1 amide bonds. The Morgan fingerprint density at radius 3 is 2.19 bits per heavy atom. The van der Waals surface area contributed by atoms with Gasteiger partial charge in [0.25, 0.3) is 0 Å². The molecule has 1 rings (SSSR count). The monoisotopic (exact) mass is 225 g/mol. The third-order valence-corrected chi connectivity index (χ3v) is 1.49. The lowest BCUT2D eigenvalue weighted by molar-refractivity contribution is -0.114. The summed E-state index contributed by atoms with van der Waals surface area (Å²) in [7, 11) is 0. The van der Waals surface area contributed by atoms with Crippen molar-refractivity contribution in [3.63, 3.8) is 0 Å². The molecule has 0 atom stereocenters. The Labute approximate surface area is 96.2 Å². The Morgan fingerprint density at radius 1 is 1.31 bits per heavy atom. The number of carbonyl (C=O) groups is 1. The van der Waals surface area contributed by atoms with Crippen LogP contribution in [0.5, 0.6) is 5.75 Å². The maximum atomic E-state index is 10.7. The van der Waals surface area contributed by atoms with Crippen LogP contribution in [0.3, 0.4) is 0 Å². The molecule has 0 radical (unpaired) electrons. The first-order valence-electron chi connectivity index (χ1n) is 5.25. The van der Waals surface area contributed by atoms with Gasteiger partial charge < -0.3 is 15.2 Å². The van der Waals surface area contributed by atoms with Crippen molar-refractivity contribution in [2.24, 2.45) is 0 Å². The molecule has 0 aliphatic heterocycles. The molecular weight excluding hydrogens is 206 g/mol. The van der Waals surface area contributed by atoms with Gasteiger partial charge in [0.05, 0.1) is 6.61 Å². The van der Waals surface area contributed by atoms with Gasteiger partial charge in [-0.15, -0.1) is 0 Å². The molecular formula is C12H19NO3. The highest BCUT2D eigenvalue weighted by molar-refractivity contribution is 5.88. The lowest BCUT2D eigenvalue weighted by Gasteiger charge is -2.04. The first-order chi connectivity index (χ1) is 7.63. The minimum atomic E-state index is -0.0656. The highest BCUT2D eigenvalue weighted by Gasteiger charge is 1.95. The van der Waals surface area contributed by atoms with E-state index in [1.807, 2.05) is 31.2 Å². The number of aliphatic hydroxyl groups is 1. The minimum absolute atomic E-state index is 0.0656. The fraction of sp³-hybridized carbons (Fsp3) is 0.417. The highest BCUT2D eigenvalue weighted by Crippen LogP contribution is 2.15. The van der Waals surface area contributed by atoms with Gasteiger partial charge in [-0.05, 0) is 38.1 Å². The number of benzene rings is 1. The molecule has 16 heavy (non-hydrogen) atoms. The molecule has 0 aromatic heterocycles. The highest BCUT2D eigenvalue weighted by atomic mass is 16.5. The Kier molecular flexibility index (Phi) is 7.89. The van der Waals surface area contributed by atoms with Crippen LogP contribution in [0, 0.1) is 0 Å². The topological polar surface area (TPSA) is 58.6 Å². The predicted octanol–water partition coefficient (Wildman–Crippen LogP) is 2.04. The van der Waals surface area contributed by atoms with E-state index in [-0.39, 0.29) is 12.5 Å². The zero-order valence-corrected chi connectivity index (χ0v) is 9.99. The minimum Gasteiger partial charge on any atom is -0.494 e. The molecule has 0 aliphatic rings. The number of anilines is 1. The van der Waals surface area contributed by atoms with Crippen molar-refractivity contribution in [2.75, 3.05) is 18.5 Å². The second-order valence-corrected chi connectivity index (χ2v) is 2.95. The van der Waals surface area contributed by atoms with E-state index < -0.39 is 0 Å². The summed E-state index contributed by atoms with van der Waals surface area (Å²) in [6.07, 6.45) is 0. The van der Waals surface area contributed by atoms with Crippen LogP contribution in [0.25, 0.3) is 0 Å². The number of ether oxygens (including phenoxy) is 1. The van der Waals surface area contributed by atoms with Crippen molar-refractivity contribution < 1.29 is 14.6 Å². The van der Waals surface area contributed by atoms with E-state index in [1.54, 1.807) is 6.92 Å². The first-order valence-corrected chi connectivity index (χ1v) is 5.25. The van der Waals surface area contributed by atoms with E-state index in [4.69, 9.17) is 9.84 Å². The summed E-state index contributed by atoms with van der Waals surface area (Å²) in [6.45, 7) is 6.00. The average molecular weight is 225 g/mol. The van der Waals surface area contributed by atoms with Gasteiger partial charge in [0.1, 0.15) is 5.75 Å². The molecule has 0 saturated heterocycles. The molecule has 0 bridgehead atoms. The van der Waals surface area contributed by atoms with Crippen molar-refractivity contribution in [1.82, 2.24) is 0 Å². The number of amides is 1. The van der Waals surface area contributed by atoms with Gasteiger partial charge in [-0.25, -0.2) is 0 Å². The maximum absolute atomic E-state index is 10.7. The Morgan fingerprint density at radius 2 is 1.81 bits per heavy atom. The van der Waals surface area contributed by atoms with Crippen molar-refractivity contribution in [2.45, 2.75) is 20.8 Å². The van der Waals surface area contributed by atoms with Crippen molar-refractivity contribution in [3.05, 3.63) is 24.3 Å². The number of hydrogen-bond donors (Lipinski definition) is 2. The first kappa shape index (κ1) is 14.5. The molecule has 0 unspecified atom stereocenters. The van der Waals surface area contributed by atoms with Crippen LogP contribution in [0.15, 0.2) is 24.3 Å². The second kappa shape index (κ2) is 8.73. The number of aliphatic hydroxyl groups excluding tert-OH is 1. The van der Waals surface area contributed by atoms with Crippen LogP contribution in [0.4, 0.5) is 5.69 Å². The predicted molar refractivity (Wildman–Crippen MR) is 64.7 cm³/mol.